The number of carbonyl (C=O) groups excluding carboxylic acids is 1. The fraction of sp³-hybridized carbons (Fsp3) is 0.800. The molecule has 0 radical (unpaired) electrons. The molecule has 1 nitrogen and oxygen atoms in total. The Morgan fingerprint density at radius 1 is 1.38 bits per heavy atom. The first kappa shape index (κ1) is 10.6. The lowest BCUT2D eigenvalue weighted by molar-refractivity contribution is -0.112. The maximum atomic E-state index is 11.4. The topological polar surface area (TPSA) is 17.1 Å². The number of carbonyl (C=O) groups is 1. The average molecular weight is 218 g/mol. The van der Waals surface area contributed by atoms with Crippen molar-refractivity contribution >= 4 is 6.29 Å². The van der Waals surface area contributed by atoms with Crippen LogP contribution in [0.2, 0.25) is 0 Å². The van der Waals surface area contributed by atoms with Crippen LogP contribution in [0.15, 0.2) is 11.6 Å². The van der Waals surface area contributed by atoms with Gasteiger partial charge in [-0.15, -0.1) is 0 Å². The maximum absolute atomic E-state index is 11.4. The molecule has 0 bridgehead atoms. The van der Waals surface area contributed by atoms with Crippen molar-refractivity contribution in [1.29, 1.82) is 0 Å². The monoisotopic (exact) mass is 218 g/mol. The van der Waals surface area contributed by atoms with Gasteiger partial charge in [-0.25, -0.2) is 0 Å². The Kier molecular flexibility index (Phi) is 1.98. The first-order valence-electron chi connectivity index (χ1n) is 6.71. The summed E-state index contributed by atoms with van der Waals surface area (Å²) in [7, 11) is 0. The molecular formula is C15H22O. The number of rotatable bonds is 1. The van der Waals surface area contributed by atoms with Crippen LogP contribution in [0.1, 0.15) is 46.5 Å². The van der Waals surface area contributed by atoms with Crippen molar-refractivity contribution in [2.45, 2.75) is 46.5 Å². The molecule has 16 heavy (non-hydrogen) atoms. The highest BCUT2D eigenvalue weighted by molar-refractivity contribution is 5.67. The number of hydrogen-bond donors (Lipinski definition) is 0. The summed E-state index contributed by atoms with van der Waals surface area (Å²) in [6.07, 6.45) is 8.76. The standard InChI is InChI=1S/C15H22O/c1-10-5-4-6-11-7-8-12-13(15(10,11)3)14(12,2)9-16/h6,9-10,12-13H,4-5,7-8H2,1-3H3/t10-,12-,13+,14+,15+/m1/s1. The smallest absolute Gasteiger partial charge is 0.126 e. The summed E-state index contributed by atoms with van der Waals surface area (Å²) in [4.78, 5) is 11.4. The van der Waals surface area contributed by atoms with E-state index in [0.717, 1.165) is 5.92 Å². The average Bonchev–Trinajstić information content (AvgIpc) is 2.89. The van der Waals surface area contributed by atoms with Crippen LogP contribution in [0.5, 0.6) is 0 Å². The van der Waals surface area contributed by atoms with E-state index in [-0.39, 0.29) is 5.41 Å². The molecule has 0 N–H and O–H groups in total. The zero-order chi connectivity index (χ0) is 11.6. The highest BCUT2D eigenvalue weighted by atomic mass is 16.1. The molecule has 3 aliphatic rings. The fourth-order valence-corrected chi connectivity index (χ4v) is 4.86. The largest absolute Gasteiger partial charge is 0.303 e. The van der Waals surface area contributed by atoms with Gasteiger partial charge in [0.2, 0.25) is 0 Å². The maximum Gasteiger partial charge on any atom is 0.126 e. The van der Waals surface area contributed by atoms with E-state index in [2.05, 4.69) is 26.8 Å². The molecular weight excluding hydrogens is 196 g/mol. The van der Waals surface area contributed by atoms with Gasteiger partial charge in [0, 0.05) is 5.41 Å². The van der Waals surface area contributed by atoms with Crippen LogP contribution in [-0.4, -0.2) is 6.29 Å². The molecule has 0 heterocycles. The van der Waals surface area contributed by atoms with Crippen LogP contribution in [0, 0.1) is 28.6 Å². The van der Waals surface area contributed by atoms with Gasteiger partial charge >= 0.3 is 0 Å². The van der Waals surface area contributed by atoms with Crippen molar-refractivity contribution in [3.63, 3.8) is 0 Å². The van der Waals surface area contributed by atoms with Crippen molar-refractivity contribution in [1.82, 2.24) is 0 Å². The van der Waals surface area contributed by atoms with E-state index in [1.165, 1.54) is 32.0 Å². The first-order chi connectivity index (χ1) is 7.55. The number of aldehydes is 1. The van der Waals surface area contributed by atoms with Crippen molar-refractivity contribution in [3.05, 3.63) is 11.6 Å². The normalized spacial score (nSPS) is 54.7. The molecule has 0 aromatic carbocycles. The molecule has 2 saturated carbocycles. The molecule has 0 aliphatic heterocycles. The first-order valence-corrected chi connectivity index (χ1v) is 6.71. The Balaban J connectivity index is 2.04. The lowest BCUT2D eigenvalue weighted by atomic mass is 9.60. The van der Waals surface area contributed by atoms with Gasteiger partial charge in [0.15, 0.2) is 0 Å². The molecule has 0 amide bonds. The van der Waals surface area contributed by atoms with Gasteiger partial charge in [-0.05, 0) is 48.9 Å². The summed E-state index contributed by atoms with van der Waals surface area (Å²) < 4.78 is 0. The van der Waals surface area contributed by atoms with E-state index in [9.17, 15) is 4.79 Å². The summed E-state index contributed by atoms with van der Waals surface area (Å²) in [5.74, 6) is 2.06. The molecule has 88 valence electrons. The van der Waals surface area contributed by atoms with E-state index < -0.39 is 0 Å². The summed E-state index contributed by atoms with van der Waals surface area (Å²) in [5, 5.41) is 0. The van der Waals surface area contributed by atoms with Gasteiger partial charge < -0.3 is 4.79 Å². The van der Waals surface area contributed by atoms with E-state index in [0.29, 0.717) is 17.3 Å². The summed E-state index contributed by atoms with van der Waals surface area (Å²) in [6.45, 7) is 7.00. The van der Waals surface area contributed by atoms with Gasteiger partial charge in [-0.1, -0.05) is 32.4 Å². The zero-order valence-electron chi connectivity index (χ0n) is 10.6. The van der Waals surface area contributed by atoms with Crippen molar-refractivity contribution < 1.29 is 4.79 Å². The van der Waals surface area contributed by atoms with Crippen molar-refractivity contribution in [3.8, 4) is 0 Å². The highest BCUT2D eigenvalue weighted by Gasteiger charge is 2.70. The molecule has 0 spiro atoms. The predicted octanol–water partition coefficient (Wildman–Crippen LogP) is 3.59. The summed E-state index contributed by atoms with van der Waals surface area (Å²) >= 11 is 0. The molecule has 0 saturated heterocycles. The van der Waals surface area contributed by atoms with Gasteiger partial charge in [0.1, 0.15) is 6.29 Å². The minimum Gasteiger partial charge on any atom is -0.303 e. The number of allylic oxidation sites excluding steroid dienone is 2. The van der Waals surface area contributed by atoms with Crippen LogP contribution in [0.4, 0.5) is 0 Å². The molecule has 3 rings (SSSR count). The third kappa shape index (κ3) is 1.00. The van der Waals surface area contributed by atoms with Gasteiger partial charge in [0.25, 0.3) is 0 Å². The van der Waals surface area contributed by atoms with Gasteiger partial charge in [0.05, 0.1) is 0 Å². The molecule has 0 aromatic rings. The molecule has 3 aliphatic carbocycles. The third-order valence-electron chi connectivity index (χ3n) is 6.09. The summed E-state index contributed by atoms with van der Waals surface area (Å²) in [6, 6.07) is 0. The van der Waals surface area contributed by atoms with Gasteiger partial charge in [-0.3, -0.25) is 0 Å². The van der Waals surface area contributed by atoms with Crippen LogP contribution in [-0.2, 0) is 4.79 Å². The SMILES string of the molecule is C[C@@H]1CCC=C2CC[C@@H]3[C@@H]([C@@]3(C)C=O)[C@]21C. The molecule has 0 unspecified atom stereocenters. The zero-order valence-corrected chi connectivity index (χ0v) is 10.6. The number of hydrogen-bond acceptors (Lipinski definition) is 1. The Morgan fingerprint density at radius 2 is 2.12 bits per heavy atom. The second-order valence-corrected chi connectivity index (χ2v) is 6.60. The van der Waals surface area contributed by atoms with E-state index >= 15 is 0 Å². The van der Waals surface area contributed by atoms with Crippen LogP contribution < -0.4 is 0 Å². The Labute approximate surface area is 98.3 Å². The van der Waals surface area contributed by atoms with E-state index in [4.69, 9.17) is 0 Å². The fourth-order valence-electron chi connectivity index (χ4n) is 4.86. The second-order valence-electron chi connectivity index (χ2n) is 6.60. The molecule has 1 heteroatoms. The van der Waals surface area contributed by atoms with Crippen molar-refractivity contribution in [2.75, 3.05) is 0 Å². The van der Waals surface area contributed by atoms with Crippen LogP contribution in [0.25, 0.3) is 0 Å². The van der Waals surface area contributed by atoms with Crippen LogP contribution in [0.3, 0.4) is 0 Å². The lowest BCUT2D eigenvalue weighted by Gasteiger charge is -2.45. The molecule has 2 fully saturated rings. The van der Waals surface area contributed by atoms with E-state index in [1.54, 1.807) is 5.57 Å². The Hall–Kier alpha value is -0.590. The summed E-state index contributed by atoms with van der Waals surface area (Å²) in [5.41, 5.74) is 1.99. The second kappa shape index (κ2) is 3.00. The van der Waals surface area contributed by atoms with Crippen molar-refractivity contribution in [2.24, 2.45) is 28.6 Å². The van der Waals surface area contributed by atoms with Gasteiger partial charge in [-0.2, -0.15) is 0 Å². The Morgan fingerprint density at radius 3 is 2.81 bits per heavy atom. The quantitative estimate of drug-likeness (QED) is 0.485. The lowest BCUT2D eigenvalue weighted by Crippen LogP contribution is -2.36. The number of fused-ring (bicyclic) bond motifs is 3. The van der Waals surface area contributed by atoms with Crippen LogP contribution >= 0.6 is 0 Å². The van der Waals surface area contributed by atoms with E-state index in [1.807, 2.05) is 0 Å². The predicted molar refractivity (Wildman–Crippen MR) is 65.0 cm³/mol. The highest BCUT2D eigenvalue weighted by Crippen LogP contribution is 2.74. The Bertz CT molecular complexity index is 370. The third-order valence-corrected chi connectivity index (χ3v) is 6.09. The molecule has 5 atom stereocenters. The molecule has 0 aromatic heterocycles. The minimum absolute atomic E-state index is 0.00403. The minimum atomic E-state index is -0.00403.